The summed E-state index contributed by atoms with van der Waals surface area (Å²) in [6.45, 7) is 1.95. The summed E-state index contributed by atoms with van der Waals surface area (Å²) < 4.78 is 36.3. The smallest absolute Gasteiger partial charge is 0.191 e. The topological polar surface area (TPSA) is 75.8 Å². The Morgan fingerprint density at radius 3 is 2.52 bits per heavy atom. The molecule has 1 aliphatic rings. The first-order valence-corrected chi connectivity index (χ1v) is 9.41. The first-order chi connectivity index (χ1) is 10.3. The van der Waals surface area contributed by atoms with Gasteiger partial charge in [0.2, 0.25) is 0 Å². The Morgan fingerprint density at radius 2 is 1.91 bits per heavy atom. The lowest BCUT2D eigenvalue weighted by molar-refractivity contribution is 0.338. The van der Waals surface area contributed by atoms with Crippen molar-refractivity contribution in [2.24, 2.45) is 10.7 Å². The second-order valence-electron chi connectivity index (χ2n) is 5.71. The van der Waals surface area contributed by atoms with Gasteiger partial charge in [-0.3, -0.25) is 0 Å². The number of aliphatic imine (C=N–C) groups is 1. The zero-order valence-corrected chi connectivity index (χ0v) is 16.3. The summed E-state index contributed by atoms with van der Waals surface area (Å²) in [5.74, 6) is -0.0878. The molecule has 0 amide bonds. The number of nitrogens with two attached hydrogens (primary N) is 1. The van der Waals surface area contributed by atoms with Gasteiger partial charge in [0.1, 0.15) is 5.82 Å². The van der Waals surface area contributed by atoms with Gasteiger partial charge in [0, 0.05) is 19.3 Å². The van der Waals surface area contributed by atoms with E-state index < -0.39 is 15.7 Å². The van der Waals surface area contributed by atoms with Gasteiger partial charge < -0.3 is 10.6 Å². The molecule has 1 heterocycles. The number of hydrogen-bond acceptors (Lipinski definition) is 3. The second kappa shape index (κ2) is 8.81. The van der Waals surface area contributed by atoms with Crippen LogP contribution < -0.4 is 5.73 Å². The van der Waals surface area contributed by atoms with Gasteiger partial charge in [0.05, 0.1) is 12.3 Å². The van der Waals surface area contributed by atoms with Crippen LogP contribution in [0.3, 0.4) is 0 Å². The molecule has 8 heteroatoms. The van der Waals surface area contributed by atoms with Crippen molar-refractivity contribution in [3.8, 4) is 0 Å². The van der Waals surface area contributed by atoms with Crippen molar-refractivity contribution in [1.82, 2.24) is 4.90 Å². The van der Waals surface area contributed by atoms with Crippen LogP contribution >= 0.6 is 24.0 Å². The average Bonchev–Trinajstić information content (AvgIpc) is 2.47. The molecule has 0 radical (unpaired) electrons. The van der Waals surface area contributed by atoms with E-state index in [1.807, 2.05) is 4.90 Å². The molecule has 0 bridgehead atoms. The van der Waals surface area contributed by atoms with Crippen LogP contribution in [0.4, 0.5) is 4.39 Å². The van der Waals surface area contributed by atoms with Crippen molar-refractivity contribution in [3.05, 3.63) is 35.1 Å². The molecule has 0 atom stereocenters. The Morgan fingerprint density at radius 1 is 1.26 bits per heavy atom. The number of benzene rings is 1. The van der Waals surface area contributed by atoms with Gasteiger partial charge in [-0.25, -0.2) is 17.8 Å². The SMILES string of the molecule is CS(=O)(=O)Cc1ccc(F)cc1CN=C(N)N1CCCCC1.I. The zero-order valence-electron chi connectivity index (χ0n) is 13.2. The molecule has 0 spiro atoms. The fourth-order valence-corrected chi connectivity index (χ4v) is 3.40. The van der Waals surface area contributed by atoms with Gasteiger partial charge in [-0.15, -0.1) is 24.0 Å². The standard InChI is InChI=1S/C15H22FN3O2S.HI/c1-22(20,21)11-12-5-6-14(16)9-13(12)10-18-15(17)19-7-3-2-4-8-19;/h5-6,9H,2-4,7-8,10-11H2,1H3,(H2,17,18);1H. The highest BCUT2D eigenvalue weighted by atomic mass is 127. The number of halogens is 2. The van der Waals surface area contributed by atoms with E-state index in [1.165, 1.54) is 24.6 Å². The zero-order chi connectivity index (χ0) is 16.2. The molecule has 1 aromatic rings. The largest absolute Gasteiger partial charge is 0.370 e. The minimum absolute atomic E-state index is 0. The maximum atomic E-state index is 13.4. The summed E-state index contributed by atoms with van der Waals surface area (Å²) >= 11 is 0. The van der Waals surface area contributed by atoms with Crippen LogP contribution in [-0.2, 0) is 22.1 Å². The van der Waals surface area contributed by atoms with Crippen LogP contribution in [0, 0.1) is 5.82 Å². The predicted octanol–water partition coefficient (Wildman–Crippen LogP) is 2.29. The molecule has 2 N–H and O–H groups in total. The van der Waals surface area contributed by atoms with E-state index in [9.17, 15) is 12.8 Å². The molecule has 0 saturated carbocycles. The third-order valence-corrected chi connectivity index (χ3v) is 4.51. The van der Waals surface area contributed by atoms with Crippen LogP contribution in [0.25, 0.3) is 0 Å². The lowest BCUT2D eigenvalue weighted by atomic mass is 10.1. The Labute approximate surface area is 154 Å². The molecule has 23 heavy (non-hydrogen) atoms. The van der Waals surface area contributed by atoms with Crippen LogP contribution in [-0.4, -0.2) is 38.6 Å². The van der Waals surface area contributed by atoms with Gasteiger partial charge in [0.25, 0.3) is 0 Å². The number of rotatable bonds is 4. The van der Waals surface area contributed by atoms with Crippen molar-refractivity contribution in [1.29, 1.82) is 0 Å². The number of hydrogen-bond donors (Lipinski definition) is 1. The highest BCUT2D eigenvalue weighted by Gasteiger charge is 2.13. The predicted molar refractivity (Wildman–Crippen MR) is 101 cm³/mol. The van der Waals surface area contributed by atoms with Crippen molar-refractivity contribution in [3.63, 3.8) is 0 Å². The van der Waals surface area contributed by atoms with Gasteiger partial charge in [0.15, 0.2) is 15.8 Å². The quantitative estimate of drug-likeness (QED) is 0.430. The maximum absolute atomic E-state index is 13.4. The summed E-state index contributed by atoms with van der Waals surface area (Å²) in [6, 6.07) is 4.09. The molecule has 1 saturated heterocycles. The third-order valence-electron chi connectivity index (χ3n) is 3.68. The lowest BCUT2D eigenvalue weighted by Crippen LogP contribution is -2.40. The Bertz CT molecular complexity index is 659. The molecular formula is C15H23FIN3O2S. The van der Waals surface area contributed by atoms with Crippen LogP contribution in [0.2, 0.25) is 0 Å². The van der Waals surface area contributed by atoms with E-state index in [0.29, 0.717) is 17.1 Å². The number of piperidine rings is 1. The Hall–Kier alpha value is -0.900. The number of guanidine groups is 1. The molecule has 1 aliphatic heterocycles. The molecule has 2 rings (SSSR count). The van der Waals surface area contributed by atoms with Crippen LogP contribution in [0.1, 0.15) is 30.4 Å². The lowest BCUT2D eigenvalue weighted by Gasteiger charge is -2.27. The monoisotopic (exact) mass is 455 g/mol. The first-order valence-electron chi connectivity index (χ1n) is 7.35. The summed E-state index contributed by atoms with van der Waals surface area (Å²) in [5.41, 5.74) is 7.10. The van der Waals surface area contributed by atoms with Crippen LogP contribution in [0.5, 0.6) is 0 Å². The van der Waals surface area contributed by atoms with E-state index in [-0.39, 0.29) is 36.3 Å². The molecule has 0 aliphatic carbocycles. The molecule has 0 aromatic heterocycles. The second-order valence-corrected chi connectivity index (χ2v) is 7.85. The van der Waals surface area contributed by atoms with E-state index in [1.54, 1.807) is 0 Å². The first kappa shape index (κ1) is 20.1. The van der Waals surface area contributed by atoms with Gasteiger partial charge in [-0.2, -0.15) is 0 Å². The molecule has 1 aromatic carbocycles. The molecule has 0 unspecified atom stereocenters. The van der Waals surface area contributed by atoms with E-state index in [0.717, 1.165) is 32.2 Å². The van der Waals surface area contributed by atoms with E-state index in [2.05, 4.69) is 4.99 Å². The minimum Gasteiger partial charge on any atom is -0.370 e. The van der Waals surface area contributed by atoms with Crippen molar-refractivity contribution in [2.75, 3.05) is 19.3 Å². The Kier molecular flexibility index (Phi) is 7.72. The van der Waals surface area contributed by atoms with Gasteiger partial charge >= 0.3 is 0 Å². The maximum Gasteiger partial charge on any atom is 0.191 e. The van der Waals surface area contributed by atoms with E-state index >= 15 is 0 Å². The minimum atomic E-state index is -3.18. The van der Waals surface area contributed by atoms with Crippen LogP contribution in [0.15, 0.2) is 23.2 Å². The normalized spacial score (nSPS) is 16.1. The van der Waals surface area contributed by atoms with Crippen molar-refractivity contribution < 1.29 is 12.8 Å². The molecule has 5 nitrogen and oxygen atoms in total. The summed E-state index contributed by atoms with van der Waals surface area (Å²) in [4.78, 5) is 6.32. The Balaban J connectivity index is 0.00000264. The third kappa shape index (κ3) is 6.62. The number of nitrogens with zero attached hydrogens (tertiary/aromatic N) is 2. The van der Waals surface area contributed by atoms with Crippen molar-refractivity contribution >= 4 is 39.8 Å². The summed E-state index contributed by atoms with van der Waals surface area (Å²) in [7, 11) is -3.18. The average molecular weight is 455 g/mol. The van der Waals surface area contributed by atoms with Gasteiger partial charge in [-0.1, -0.05) is 6.07 Å². The fraction of sp³-hybridized carbons (Fsp3) is 0.533. The number of sulfone groups is 1. The summed E-state index contributed by atoms with van der Waals surface area (Å²) in [6.07, 6.45) is 4.54. The molecule has 130 valence electrons. The summed E-state index contributed by atoms with van der Waals surface area (Å²) in [5, 5.41) is 0. The highest BCUT2D eigenvalue weighted by Crippen LogP contribution is 2.16. The highest BCUT2D eigenvalue weighted by molar-refractivity contribution is 14.0. The van der Waals surface area contributed by atoms with E-state index in [4.69, 9.17) is 5.73 Å². The van der Waals surface area contributed by atoms with Crippen molar-refractivity contribution in [2.45, 2.75) is 31.6 Å². The fourth-order valence-electron chi connectivity index (χ4n) is 2.55. The number of likely N-dealkylation sites (tertiary alicyclic amines) is 1. The molecular weight excluding hydrogens is 432 g/mol. The molecule has 1 fully saturated rings. The van der Waals surface area contributed by atoms with Gasteiger partial charge in [-0.05, 0) is 42.5 Å².